The fourth-order valence-electron chi connectivity index (χ4n) is 5.39. The highest BCUT2D eigenvalue weighted by Crippen LogP contribution is 2.55. The first kappa shape index (κ1) is 20.1. The van der Waals surface area contributed by atoms with Gasteiger partial charge in [-0.05, 0) is 59.3 Å². The molecule has 4 aliphatic rings. The Labute approximate surface area is 166 Å². The number of aliphatic hydroxyl groups is 3. The molecule has 0 aromatic heterocycles. The lowest BCUT2D eigenvalue weighted by Crippen LogP contribution is -2.49. The van der Waals surface area contributed by atoms with Crippen LogP contribution in [-0.4, -0.2) is 56.7 Å². The van der Waals surface area contributed by atoms with Gasteiger partial charge in [0.25, 0.3) is 0 Å². The van der Waals surface area contributed by atoms with Crippen LogP contribution in [0, 0.1) is 11.8 Å². The van der Waals surface area contributed by atoms with Gasteiger partial charge in [0, 0.05) is 17.9 Å². The molecule has 1 saturated carbocycles. The molecule has 2 fully saturated rings. The van der Waals surface area contributed by atoms with Crippen LogP contribution in [0.5, 0.6) is 0 Å². The number of ketones is 1. The summed E-state index contributed by atoms with van der Waals surface area (Å²) < 4.78 is 12.1. The summed E-state index contributed by atoms with van der Waals surface area (Å²) in [6.07, 6.45) is 3.99. The molecule has 4 rings (SSSR count). The summed E-state index contributed by atoms with van der Waals surface area (Å²) in [7, 11) is 0. The number of allylic oxidation sites excluding steroid dienone is 1. The molecule has 2 bridgehead atoms. The fraction of sp³-hybridized carbons (Fsp3) is 0.773. The van der Waals surface area contributed by atoms with Crippen molar-refractivity contribution in [2.75, 3.05) is 6.61 Å². The maximum Gasteiger partial charge on any atom is 0.196 e. The van der Waals surface area contributed by atoms with Gasteiger partial charge in [0.05, 0.1) is 18.3 Å². The van der Waals surface area contributed by atoms with Crippen LogP contribution in [0.2, 0.25) is 0 Å². The van der Waals surface area contributed by atoms with E-state index in [1.165, 1.54) is 0 Å². The summed E-state index contributed by atoms with van der Waals surface area (Å²) in [5.74, 6) is 0.802. The lowest BCUT2D eigenvalue weighted by Gasteiger charge is -2.44. The lowest BCUT2D eigenvalue weighted by atomic mass is 9.72. The van der Waals surface area contributed by atoms with Gasteiger partial charge in [0.1, 0.15) is 17.5 Å². The Kier molecular flexibility index (Phi) is 4.58. The van der Waals surface area contributed by atoms with Gasteiger partial charge in [0.2, 0.25) is 0 Å². The van der Waals surface area contributed by atoms with E-state index in [0.717, 1.165) is 18.4 Å². The van der Waals surface area contributed by atoms with Crippen molar-refractivity contribution < 1.29 is 29.6 Å². The van der Waals surface area contributed by atoms with Crippen LogP contribution >= 0.6 is 0 Å². The van der Waals surface area contributed by atoms with Gasteiger partial charge in [-0.3, -0.25) is 4.79 Å². The largest absolute Gasteiger partial charge is 0.488 e. The van der Waals surface area contributed by atoms with E-state index in [1.807, 2.05) is 6.08 Å². The number of hydrogen-bond donors (Lipinski definition) is 3. The molecule has 6 heteroatoms. The predicted octanol–water partition coefficient (Wildman–Crippen LogP) is 2.02. The molecule has 0 radical (unpaired) electrons. The molecule has 6 nitrogen and oxygen atoms in total. The van der Waals surface area contributed by atoms with E-state index in [4.69, 9.17) is 9.47 Å². The molecule has 156 valence electrons. The van der Waals surface area contributed by atoms with Crippen molar-refractivity contribution in [3.63, 3.8) is 0 Å². The zero-order valence-corrected chi connectivity index (χ0v) is 17.2. The molecule has 0 amide bonds. The van der Waals surface area contributed by atoms with Crippen LogP contribution in [0.4, 0.5) is 0 Å². The summed E-state index contributed by atoms with van der Waals surface area (Å²) in [6.45, 7) is 7.42. The van der Waals surface area contributed by atoms with Gasteiger partial charge in [-0.25, -0.2) is 0 Å². The second kappa shape index (κ2) is 6.39. The van der Waals surface area contributed by atoms with Gasteiger partial charge >= 0.3 is 0 Å². The van der Waals surface area contributed by atoms with Crippen molar-refractivity contribution in [1.29, 1.82) is 0 Å². The highest BCUT2D eigenvalue weighted by atomic mass is 16.6. The Bertz CT molecular complexity index is 747. The van der Waals surface area contributed by atoms with Gasteiger partial charge in [0.15, 0.2) is 11.4 Å². The minimum atomic E-state index is -1.39. The molecule has 0 spiro atoms. The molecule has 28 heavy (non-hydrogen) atoms. The number of aliphatic hydroxyl groups excluding tert-OH is 1. The maximum atomic E-state index is 12.9. The molecule has 1 saturated heterocycles. The van der Waals surface area contributed by atoms with Gasteiger partial charge < -0.3 is 24.8 Å². The van der Waals surface area contributed by atoms with Crippen LogP contribution in [0.3, 0.4) is 0 Å². The smallest absolute Gasteiger partial charge is 0.196 e. The SMILES string of the molecule is CC(=CC[C@@H](O)C(C)(C)O)[C@@H]1CC[C@@]2(C)OC3=C(C[C@@H]12)C(=O)[C@]1(O)CO[C@H]3C1. The second-order valence-corrected chi connectivity index (χ2v) is 9.93. The molecule has 0 aromatic rings. The molecular weight excluding hydrogens is 360 g/mol. The molecule has 0 aromatic carbocycles. The molecule has 0 unspecified atom stereocenters. The summed E-state index contributed by atoms with van der Waals surface area (Å²) in [5.41, 5.74) is -1.12. The van der Waals surface area contributed by atoms with Crippen molar-refractivity contribution in [2.24, 2.45) is 11.8 Å². The number of hydrogen-bond acceptors (Lipinski definition) is 6. The quantitative estimate of drug-likeness (QED) is 0.634. The number of Topliss-reactive ketones (excluding diaryl/α,β-unsaturated/α-hetero) is 1. The Morgan fingerprint density at radius 2 is 2.14 bits per heavy atom. The first-order chi connectivity index (χ1) is 12.9. The Hall–Kier alpha value is -1.21. The van der Waals surface area contributed by atoms with Gasteiger partial charge in [-0.1, -0.05) is 11.6 Å². The highest BCUT2D eigenvalue weighted by molar-refractivity contribution is 6.04. The van der Waals surface area contributed by atoms with Crippen LogP contribution in [0.1, 0.15) is 59.8 Å². The van der Waals surface area contributed by atoms with Crippen LogP contribution in [0.15, 0.2) is 23.0 Å². The summed E-state index contributed by atoms with van der Waals surface area (Å²) >= 11 is 0. The van der Waals surface area contributed by atoms with Crippen molar-refractivity contribution in [1.82, 2.24) is 0 Å². The van der Waals surface area contributed by atoms with E-state index in [0.29, 0.717) is 30.6 Å². The van der Waals surface area contributed by atoms with E-state index in [2.05, 4.69) is 13.8 Å². The summed E-state index contributed by atoms with van der Waals surface area (Å²) in [5, 5.41) is 30.7. The van der Waals surface area contributed by atoms with E-state index in [-0.39, 0.29) is 35.9 Å². The molecule has 2 heterocycles. The first-order valence-corrected chi connectivity index (χ1v) is 10.3. The molecular formula is C22H32O6. The monoisotopic (exact) mass is 392 g/mol. The van der Waals surface area contributed by atoms with E-state index in [1.54, 1.807) is 13.8 Å². The first-order valence-electron chi connectivity index (χ1n) is 10.3. The number of carbonyl (C=O) groups excluding carboxylic acids is 1. The average molecular weight is 392 g/mol. The van der Waals surface area contributed by atoms with E-state index in [9.17, 15) is 20.1 Å². The number of ether oxygens (including phenoxy) is 2. The maximum absolute atomic E-state index is 12.9. The molecule has 3 N–H and O–H groups in total. The normalized spacial score (nSPS) is 41.6. The molecule has 6 atom stereocenters. The highest BCUT2D eigenvalue weighted by Gasteiger charge is 2.59. The van der Waals surface area contributed by atoms with Crippen LogP contribution < -0.4 is 0 Å². The standard InChI is InChI=1S/C22H32O6/c1-12(5-6-17(23)20(2,3)25)13-7-8-21(4)15(13)9-14-18(28-21)16-10-22(26,11-27-16)19(14)24/h5,13,15-17,23,25-26H,6-11H2,1-4H3/t13-,15-,16-,17+,21+,22+/m0/s1. The van der Waals surface area contributed by atoms with Crippen LogP contribution in [-0.2, 0) is 14.3 Å². The fourth-order valence-corrected chi connectivity index (χ4v) is 5.39. The molecule has 2 aliphatic heterocycles. The number of rotatable bonds is 4. The second-order valence-electron chi connectivity index (χ2n) is 9.93. The van der Waals surface area contributed by atoms with Crippen molar-refractivity contribution in [3.8, 4) is 0 Å². The Morgan fingerprint density at radius 1 is 1.43 bits per heavy atom. The molecule has 2 aliphatic carbocycles. The third-order valence-corrected chi connectivity index (χ3v) is 7.39. The van der Waals surface area contributed by atoms with Gasteiger partial charge in [-0.2, -0.15) is 0 Å². The third kappa shape index (κ3) is 3.05. The summed E-state index contributed by atoms with van der Waals surface area (Å²) in [6, 6.07) is 0. The minimum Gasteiger partial charge on any atom is -0.488 e. The average Bonchev–Trinajstić information content (AvgIpc) is 3.14. The predicted molar refractivity (Wildman–Crippen MR) is 102 cm³/mol. The number of fused-ring (bicyclic) bond motifs is 4. The zero-order valence-electron chi connectivity index (χ0n) is 17.2. The Morgan fingerprint density at radius 3 is 2.82 bits per heavy atom. The van der Waals surface area contributed by atoms with E-state index < -0.39 is 17.3 Å². The lowest BCUT2D eigenvalue weighted by molar-refractivity contribution is -0.136. The summed E-state index contributed by atoms with van der Waals surface area (Å²) in [4.78, 5) is 12.9. The minimum absolute atomic E-state index is 0.0471. The van der Waals surface area contributed by atoms with Gasteiger partial charge in [-0.15, -0.1) is 0 Å². The number of carbonyl (C=O) groups is 1. The van der Waals surface area contributed by atoms with Crippen molar-refractivity contribution >= 4 is 5.78 Å². The van der Waals surface area contributed by atoms with Crippen LogP contribution in [0.25, 0.3) is 0 Å². The third-order valence-electron chi connectivity index (χ3n) is 7.39. The Balaban J connectivity index is 1.57. The van der Waals surface area contributed by atoms with Crippen molar-refractivity contribution in [3.05, 3.63) is 23.0 Å². The van der Waals surface area contributed by atoms with Crippen molar-refractivity contribution in [2.45, 2.75) is 88.8 Å². The topological polar surface area (TPSA) is 96.2 Å². The van der Waals surface area contributed by atoms with E-state index >= 15 is 0 Å². The zero-order chi connectivity index (χ0) is 20.5.